The number of hydrogen-bond acceptors (Lipinski definition) is 5. The molecule has 7 nitrogen and oxygen atoms in total. The fourth-order valence-electron chi connectivity index (χ4n) is 1.89. The van der Waals surface area contributed by atoms with Gasteiger partial charge in [0.1, 0.15) is 0 Å². The number of sulfonamides is 1. The molecule has 0 atom stereocenters. The van der Waals surface area contributed by atoms with Crippen molar-refractivity contribution in [3.05, 3.63) is 28.9 Å². The van der Waals surface area contributed by atoms with Gasteiger partial charge in [0, 0.05) is 13.6 Å². The molecule has 0 radical (unpaired) electrons. The van der Waals surface area contributed by atoms with Gasteiger partial charge in [0.25, 0.3) is 10.0 Å². The lowest BCUT2D eigenvalue weighted by Gasteiger charge is -2.23. The number of benzene rings is 1. The minimum atomic E-state index is -3.80. The first-order chi connectivity index (χ1) is 9.39. The molecular weight excluding hydrogens is 346 g/mol. The Bertz CT molecular complexity index is 709. The van der Waals surface area contributed by atoms with Crippen molar-refractivity contribution in [2.24, 2.45) is 7.05 Å². The predicted octanol–water partition coefficient (Wildman–Crippen LogP) is 1.38. The summed E-state index contributed by atoms with van der Waals surface area (Å²) in [4.78, 5) is 0. The smallest absolute Gasteiger partial charge is 0.284 e. The number of rotatable bonds is 4. The van der Waals surface area contributed by atoms with Gasteiger partial charge in [-0.3, -0.25) is 4.31 Å². The summed E-state index contributed by atoms with van der Waals surface area (Å²) in [5, 5.41) is 7.39. The number of hydrogen-bond donors (Lipinski definition) is 1. The van der Waals surface area contributed by atoms with Gasteiger partial charge in [0.05, 0.1) is 11.4 Å². The molecular formula is C11H14BrN5O2S. The van der Waals surface area contributed by atoms with Crippen LogP contribution in [0.25, 0.3) is 0 Å². The second kappa shape index (κ2) is 5.41. The Morgan fingerprint density at radius 3 is 2.55 bits per heavy atom. The third kappa shape index (κ3) is 2.38. The maximum absolute atomic E-state index is 12.8. The molecule has 20 heavy (non-hydrogen) atoms. The maximum Gasteiger partial charge on any atom is 0.284 e. The quantitative estimate of drug-likeness (QED) is 0.832. The largest absolute Gasteiger partial charge is 0.397 e. The normalized spacial score (nSPS) is 11.6. The molecule has 2 rings (SSSR count). The van der Waals surface area contributed by atoms with E-state index in [0.29, 0.717) is 11.4 Å². The lowest BCUT2D eigenvalue weighted by atomic mass is 10.3. The highest BCUT2D eigenvalue weighted by Crippen LogP contribution is 2.30. The number of nitrogen functional groups attached to an aromatic ring is 1. The van der Waals surface area contributed by atoms with Gasteiger partial charge >= 0.3 is 0 Å². The summed E-state index contributed by atoms with van der Waals surface area (Å²) in [7, 11) is -2.28. The molecule has 0 spiro atoms. The van der Waals surface area contributed by atoms with E-state index < -0.39 is 10.0 Å². The van der Waals surface area contributed by atoms with Crippen LogP contribution < -0.4 is 10.0 Å². The monoisotopic (exact) mass is 359 g/mol. The zero-order valence-electron chi connectivity index (χ0n) is 11.0. The molecule has 2 aromatic rings. The van der Waals surface area contributed by atoms with E-state index in [2.05, 4.69) is 26.2 Å². The van der Waals surface area contributed by atoms with Crippen LogP contribution in [0, 0.1) is 0 Å². The van der Waals surface area contributed by atoms with Gasteiger partial charge in [-0.15, -0.1) is 5.10 Å². The highest BCUT2D eigenvalue weighted by atomic mass is 79.9. The Kier molecular flexibility index (Phi) is 4.00. The molecule has 0 aliphatic carbocycles. The Morgan fingerprint density at radius 1 is 1.40 bits per heavy atom. The molecule has 0 saturated heterocycles. The fourth-order valence-corrected chi connectivity index (χ4v) is 4.42. The van der Waals surface area contributed by atoms with E-state index in [1.54, 1.807) is 31.2 Å². The number of halogens is 1. The summed E-state index contributed by atoms with van der Waals surface area (Å²) in [6.07, 6.45) is 0. The van der Waals surface area contributed by atoms with Crippen molar-refractivity contribution in [1.29, 1.82) is 0 Å². The second-order valence-electron chi connectivity index (χ2n) is 4.04. The lowest BCUT2D eigenvalue weighted by Crippen LogP contribution is -2.33. The van der Waals surface area contributed by atoms with E-state index in [0.717, 1.165) is 0 Å². The van der Waals surface area contributed by atoms with Gasteiger partial charge in [-0.05, 0) is 35.0 Å². The van der Waals surface area contributed by atoms with E-state index in [9.17, 15) is 8.42 Å². The van der Waals surface area contributed by atoms with Crippen LogP contribution in [-0.4, -0.2) is 30.0 Å². The van der Waals surface area contributed by atoms with Gasteiger partial charge in [-0.25, -0.2) is 4.68 Å². The van der Waals surface area contributed by atoms with E-state index in [1.165, 1.54) is 16.0 Å². The molecule has 0 aliphatic heterocycles. The third-order valence-electron chi connectivity index (χ3n) is 2.76. The molecule has 0 aliphatic rings. The summed E-state index contributed by atoms with van der Waals surface area (Å²) in [5.74, 6) is 0. The average molecular weight is 360 g/mol. The number of para-hydroxylation sites is 2. The highest BCUT2D eigenvalue weighted by molar-refractivity contribution is 9.10. The maximum atomic E-state index is 12.8. The summed E-state index contributed by atoms with van der Waals surface area (Å²) in [6.45, 7) is 1.98. The zero-order chi connectivity index (χ0) is 14.9. The first kappa shape index (κ1) is 14.8. The van der Waals surface area contributed by atoms with E-state index in [-0.39, 0.29) is 16.2 Å². The first-order valence-electron chi connectivity index (χ1n) is 5.82. The number of anilines is 2. The Morgan fingerprint density at radius 2 is 2.05 bits per heavy atom. The van der Waals surface area contributed by atoms with Crippen molar-refractivity contribution >= 4 is 37.3 Å². The van der Waals surface area contributed by atoms with Crippen molar-refractivity contribution in [3.8, 4) is 0 Å². The summed E-state index contributed by atoms with van der Waals surface area (Å²) in [6, 6.07) is 6.80. The van der Waals surface area contributed by atoms with Crippen LogP contribution in [0.5, 0.6) is 0 Å². The Balaban J connectivity index is 2.60. The van der Waals surface area contributed by atoms with Crippen LogP contribution in [0.2, 0.25) is 0 Å². The molecule has 0 amide bonds. The fraction of sp³-hybridized carbons (Fsp3) is 0.273. The minimum Gasteiger partial charge on any atom is -0.397 e. The standard InChI is InChI=1S/C11H14BrN5O2S/c1-3-17(9-7-5-4-6-8(9)13)20(18,19)11-10(12)14-15-16(11)2/h4-7H,3,13H2,1-2H3. The molecule has 0 saturated carbocycles. The highest BCUT2D eigenvalue weighted by Gasteiger charge is 2.31. The van der Waals surface area contributed by atoms with Crippen molar-refractivity contribution in [2.45, 2.75) is 11.9 Å². The molecule has 1 aromatic carbocycles. The topological polar surface area (TPSA) is 94.1 Å². The van der Waals surface area contributed by atoms with Gasteiger partial charge in [0.15, 0.2) is 4.60 Å². The van der Waals surface area contributed by atoms with Crippen molar-refractivity contribution in [3.63, 3.8) is 0 Å². The van der Waals surface area contributed by atoms with Gasteiger partial charge in [-0.1, -0.05) is 17.3 Å². The first-order valence-corrected chi connectivity index (χ1v) is 8.05. The van der Waals surface area contributed by atoms with Crippen LogP contribution in [0.1, 0.15) is 6.92 Å². The SMILES string of the molecule is CCN(c1ccccc1N)S(=O)(=O)c1c(Br)nnn1C. The molecule has 0 bridgehead atoms. The van der Waals surface area contributed by atoms with E-state index in [4.69, 9.17) is 5.73 Å². The van der Waals surface area contributed by atoms with E-state index in [1.807, 2.05) is 0 Å². The van der Waals surface area contributed by atoms with Gasteiger partial charge in [0.2, 0.25) is 5.03 Å². The van der Waals surface area contributed by atoms with Gasteiger partial charge < -0.3 is 5.73 Å². The number of nitrogens with two attached hydrogens (primary N) is 1. The predicted molar refractivity (Wildman–Crippen MR) is 79.8 cm³/mol. The number of aryl methyl sites for hydroxylation is 1. The van der Waals surface area contributed by atoms with Crippen LogP contribution in [0.3, 0.4) is 0 Å². The summed E-state index contributed by atoms with van der Waals surface area (Å²) < 4.78 is 28.1. The Hall–Kier alpha value is -1.61. The molecule has 0 fully saturated rings. The molecule has 108 valence electrons. The zero-order valence-corrected chi connectivity index (χ0v) is 13.4. The van der Waals surface area contributed by atoms with Crippen LogP contribution in [0.4, 0.5) is 11.4 Å². The lowest BCUT2D eigenvalue weighted by molar-refractivity contribution is 0.570. The van der Waals surface area contributed by atoms with Crippen molar-refractivity contribution in [1.82, 2.24) is 15.0 Å². The average Bonchev–Trinajstić information content (AvgIpc) is 2.72. The third-order valence-corrected chi connectivity index (χ3v) is 5.54. The van der Waals surface area contributed by atoms with Crippen LogP contribution >= 0.6 is 15.9 Å². The van der Waals surface area contributed by atoms with Crippen LogP contribution in [-0.2, 0) is 17.1 Å². The van der Waals surface area contributed by atoms with Gasteiger partial charge in [-0.2, -0.15) is 8.42 Å². The molecule has 1 heterocycles. The summed E-state index contributed by atoms with van der Waals surface area (Å²) in [5.41, 5.74) is 6.69. The number of aromatic nitrogens is 3. The van der Waals surface area contributed by atoms with Crippen molar-refractivity contribution in [2.75, 3.05) is 16.6 Å². The number of nitrogens with zero attached hydrogens (tertiary/aromatic N) is 4. The molecule has 1 aromatic heterocycles. The minimum absolute atomic E-state index is 0.0115. The molecule has 0 unspecified atom stereocenters. The van der Waals surface area contributed by atoms with E-state index >= 15 is 0 Å². The Labute approximate surface area is 125 Å². The second-order valence-corrected chi connectivity index (χ2v) is 6.57. The molecule has 2 N–H and O–H groups in total. The van der Waals surface area contributed by atoms with Crippen LogP contribution in [0.15, 0.2) is 33.9 Å². The molecule has 9 heteroatoms. The summed E-state index contributed by atoms with van der Waals surface area (Å²) >= 11 is 3.11. The van der Waals surface area contributed by atoms with Crippen molar-refractivity contribution < 1.29 is 8.42 Å².